The van der Waals surface area contributed by atoms with Gasteiger partial charge in [0, 0.05) is 25.7 Å². The van der Waals surface area contributed by atoms with Crippen LogP contribution < -0.4 is 0 Å². The molecular formula is C23H43N3O. The maximum absolute atomic E-state index is 6.48. The summed E-state index contributed by atoms with van der Waals surface area (Å²) in [7, 11) is 2.26. The van der Waals surface area contributed by atoms with Crippen LogP contribution in [0.25, 0.3) is 0 Å². The van der Waals surface area contributed by atoms with E-state index in [0.29, 0.717) is 12.2 Å². The fourth-order valence-electron chi connectivity index (χ4n) is 5.78. The Morgan fingerprint density at radius 3 is 2.00 bits per heavy atom. The molecule has 4 fully saturated rings. The average Bonchev–Trinajstić information content (AvgIpc) is 2.68. The standard InChI is InChI=1S/C23H43N3O/c1-3-19-6-14-26(15-7-19)21-16-23(17-21)27-22-8-12-25(13-9-22)18-20-4-10-24(2)11-5-20/h19-23H,3-18H2,1-2H3. The van der Waals surface area contributed by atoms with Crippen molar-refractivity contribution < 1.29 is 4.74 Å². The van der Waals surface area contributed by atoms with E-state index in [2.05, 4.69) is 28.7 Å². The molecule has 0 radical (unpaired) electrons. The van der Waals surface area contributed by atoms with E-state index < -0.39 is 0 Å². The van der Waals surface area contributed by atoms with Gasteiger partial charge >= 0.3 is 0 Å². The SMILES string of the molecule is CCC1CCN(C2CC(OC3CCN(CC4CCN(C)CC4)CC3)C2)CC1. The smallest absolute Gasteiger partial charge is 0.0608 e. The molecule has 4 heteroatoms. The number of likely N-dealkylation sites (tertiary alicyclic amines) is 3. The summed E-state index contributed by atoms with van der Waals surface area (Å²) in [4.78, 5) is 7.96. The third-order valence-electron chi connectivity index (χ3n) is 8.09. The van der Waals surface area contributed by atoms with E-state index in [0.717, 1.165) is 17.9 Å². The van der Waals surface area contributed by atoms with E-state index >= 15 is 0 Å². The van der Waals surface area contributed by atoms with E-state index in [1.165, 1.54) is 104 Å². The topological polar surface area (TPSA) is 19.0 Å². The zero-order valence-electron chi connectivity index (χ0n) is 18.0. The maximum atomic E-state index is 6.48. The molecule has 0 unspecified atom stereocenters. The number of hydrogen-bond acceptors (Lipinski definition) is 4. The molecule has 27 heavy (non-hydrogen) atoms. The first-order valence-electron chi connectivity index (χ1n) is 12.0. The monoisotopic (exact) mass is 377 g/mol. The molecule has 0 bridgehead atoms. The van der Waals surface area contributed by atoms with E-state index in [9.17, 15) is 0 Å². The second kappa shape index (κ2) is 9.56. The van der Waals surface area contributed by atoms with Crippen LogP contribution in [0.4, 0.5) is 0 Å². The largest absolute Gasteiger partial charge is 0.375 e. The molecule has 4 rings (SSSR count). The van der Waals surface area contributed by atoms with Crippen LogP contribution in [0.3, 0.4) is 0 Å². The Balaban J connectivity index is 1.08. The second-order valence-electron chi connectivity index (χ2n) is 10.0. The average molecular weight is 378 g/mol. The lowest BCUT2D eigenvalue weighted by Crippen LogP contribution is -2.52. The van der Waals surface area contributed by atoms with Crippen LogP contribution in [0.1, 0.15) is 64.7 Å². The lowest BCUT2D eigenvalue weighted by molar-refractivity contribution is -0.107. The molecule has 3 aliphatic heterocycles. The first-order valence-corrected chi connectivity index (χ1v) is 12.0. The first-order chi connectivity index (χ1) is 13.2. The summed E-state index contributed by atoms with van der Waals surface area (Å²) in [6, 6.07) is 0.831. The number of nitrogens with zero attached hydrogens (tertiary/aromatic N) is 3. The molecular weight excluding hydrogens is 334 g/mol. The molecule has 0 aromatic heterocycles. The Labute approximate surface area is 167 Å². The van der Waals surface area contributed by atoms with Crippen molar-refractivity contribution >= 4 is 0 Å². The Hall–Kier alpha value is -0.160. The molecule has 3 heterocycles. The van der Waals surface area contributed by atoms with Gasteiger partial charge in [0.15, 0.2) is 0 Å². The Kier molecular flexibility index (Phi) is 7.13. The molecule has 4 aliphatic rings. The van der Waals surface area contributed by atoms with E-state index in [1.807, 2.05) is 0 Å². The summed E-state index contributed by atoms with van der Waals surface area (Å²) in [5, 5.41) is 0. The third-order valence-corrected chi connectivity index (χ3v) is 8.09. The Morgan fingerprint density at radius 2 is 1.37 bits per heavy atom. The zero-order chi connectivity index (χ0) is 18.6. The van der Waals surface area contributed by atoms with Crippen molar-refractivity contribution in [2.45, 2.75) is 83.0 Å². The van der Waals surface area contributed by atoms with Gasteiger partial charge < -0.3 is 19.4 Å². The predicted octanol–water partition coefficient (Wildman–Crippen LogP) is 3.46. The number of ether oxygens (including phenoxy) is 1. The van der Waals surface area contributed by atoms with Crippen LogP contribution in [0, 0.1) is 11.8 Å². The molecule has 3 saturated heterocycles. The number of hydrogen-bond donors (Lipinski definition) is 0. The van der Waals surface area contributed by atoms with Crippen molar-refractivity contribution in [2.75, 3.05) is 52.9 Å². The molecule has 1 aliphatic carbocycles. The minimum absolute atomic E-state index is 0.538. The normalized spacial score (nSPS) is 34.0. The summed E-state index contributed by atoms with van der Waals surface area (Å²) >= 11 is 0. The minimum atomic E-state index is 0.538. The molecule has 156 valence electrons. The molecule has 0 amide bonds. The predicted molar refractivity (Wildman–Crippen MR) is 112 cm³/mol. The van der Waals surface area contributed by atoms with Gasteiger partial charge in [0.2, 0.25) is 0 Å². The highest BCUT2D eigenvalue weighted by Gasteiger charge is 2.37. The first kappa shape index (κ1) is 20.1. The Morgan fingerprint density at radius 1 is 0.741 bits per heavy atom. The molecule has 4 nitrogen and oxygen atoms in total. The molecule has 0 aromatic carbocycles. The van der Waals surface area contributed by atoms with Crippen molar-refractivity contribution in [3.63, 3.8) is 0 Å². The highest BCUT2D eigenvalue weighted by atomic mass is 16.5. The van der Waals surface area contributed by atoms with Gasteiger partial charge in [0.25, 0.3) is 0 Å². The zero-order valence-corrected chi connectivity index (χ0v) is 18.0. The van der Waals surface area contributed by atoms with E-state index in [4.69, 9.17) is 4.74 Å². The summed E-state index contributed by atoms with van der Waals surface area (Å²) in [6.07, 6.45) is 13.2. The van der Waals surface area contributed by atoms with Gasteiger partial charge in [-0.25, -0.2) is 0 Å². The second-order valence-corrected chi connectivity index (χ2v) is 10.0. The molecule has 0 N–H and O–H groups in total. The summed E-state index contributed by atoms with van der Waals surface area (Å²) in [5.74, 6) is 1.93. The van der Waals surface area contributed by atoms with Gasteiger partial charge in [0.1, 0.15) is 0 Å². The van der Waals surface area contributed by atoms with Crippen molar-refractivity contribution in [2.24, 2.45) is 11.8 Å². The molecule has 0 aromatic rings. The third kappa shape index (κ3) is 5.46. The quantitative estimate of drug-likeness (QED) is 0.705. The van der Waals surface area contributed by atoms with Gasteiger partial charge in [-0.05, 0) is 96.4 Å². The molecule has 0 spiro atoms. The van der Waals surface area contributed by atoms with Crippen molar-refractivity contribution in [1.82, 2.24) is 14.7 Å². The van der Waals surface area contributed by atoms with Crippen LogP contribution in [0.15, 0.2) is 0 Å². The van der Waals surface area contributed by atoms with Gasteiger partial charge in [-0.3, -0.25) is 0 Å². The maximum Gasteiger partial charge on any atom is 0.0608 e. The van der Waals surface area contributed by atoms with Crippen LogP contribution in [-0.2, 0) is 4.74 Å². The van der Waals surface area contributed by atoms with Crippen LogP contribution in [0.2, 0.25) is 0 Å². The fraction of sp³-hybridized carbons (Fsp3) is 1.00. The van der Waals surface area contributed by atoms with Crippen LogP contribution in [0.5, 0.6) is 0 Å². The van der Waals surface area contributed by atoms with Crippen LogP contribution >= 0.6 is 0 Å². The van der Waals surface area contributed by atoms with Gasteiger partial charge in [-0.2, -0.15) is 0 Å². The minimum Gasteiger partial charge on any atom is -0.375 e. The lowest BCUT2D eigenvalue weighted by atomic mass is 9.84. The van der Waals surface area contributed by atoms with Gasteiger partial charge in [-0.15, -0.1) is 0 Å². The van der Waals surface area contributed by atoms with Gasteiger partial charge in [-0.1, -0.05) is 13.3 Å². The fourth-order valence-corrected chi connectivity index (χ4v) is 5.78. The van der Waals surface area contributed by atoms with E-state index in [1.54, 1.807) is 0 Å². The van der Waals surface area contributed by atoms with Crippen molar-refractivity contribution in [3.05, 3.63) is 0 Å². The summed E-state index contributed by atoms with van der Waals surface area (Å²) in [5.41, 5.74) is 0. The number of rotatable bonds is 6. The van der Waals surface area contributed by atoms with Crippen molar-refractivity contribution in [3.8, 4) is 0 Å². The molecule has 0 atom stereocenters. The summed E-state index contributed by atoms with van der Waals surface area (Å²) in [6.45, 7) is 11.5. The van der Waals surface area contributed by atoms with Crippen LogP contribution in [-0.4, -0.2) is 85.8 Å². The lowest BCUT2D eigenvalue weighted by Gasteiger charge is -2.47. The van der Waals surface area contributed by atoms with Gasteiger partial charge in [0.05, 0.1) is 12.2 Å². The Bertz CT molecular complexity index is 429. The summed E-state index contributed by atoms with van der Waals surface area (Å²) < 4.78 is 6.48. The van der Waals surface area contributed by atoms with E-state index in [-0.39, 0.29) is 0 Å². The highest BCUT2D eigenvalue weighted by Crippen LogP contribution is 2.34. The highest BCUT2D eigenvalue weighted by molar-refractivity contribution is 4.91. The number of piperidine rings is 3. The molecule has 1 saturated carbocycles. The van der Waals surface area contributed by atoms with Crippen molar-refractivity contribution in [1.29, 1.82) is 0 Å².